The van der Waals surface area contributed by atoms with Crippen molar-refractivity contribution in [1.29, 1.82) is 5.26 Å². The van der Waals surface area contributed by atoms with Crippen LogP contribution in [0.25, 0.3) is 11.1 Å². The molecule has 51 heavy (non-hydrogen) atoms. The van der Waals surface area contributed by atoms with Crippen molar-refractivity contribution in [3.05, 3.63) is 159 Å². The third kappa shape index (κ3) is 10.4. The second-order valence-electron chi connectivity index (χ2n) is 14.1. The predicted molar refractivity (Wildman–Crippen MR) is 215 cm³/mol. The number of hydrogen-bond donors (Lipinski definition) is 0. The molecule has 0 spiro atoms. The van der Waals surface area contributed by atoms with Crippen molar-refractivity contribution < 1.29 is 0 Å². The van der Waals surface area contributed by atoms with Gasteiger partial charge in [-0.25, -0.2) is 0 Å². The maximum atomic E-state index is 9.39. The van der Waals surface area contributed by atoms with E-state index in [4.69, 9.17) is 11.6 Å². The van der Waals surface area contributed by atoms with Gasteiger partial charge in [-0.2, -0.15) is 5.26 Å². The van der Waals surface area contributed by atoms with E-state index in [-0.39, 0.29) is 0 Å². The molecule has 3 aromatic carbocycles. The highest BCUT2D eigenvalue weighted by atomic mass is 35.5. The Labute approximate surface area is 311 Å². The maximum Gasteiger partial charge on any atom is 0.101 e. The first-order chi connectivity index (χ1) is 24.8. The highest BCUT2D eigenvalue weighted by molar-refractivity contribution is 6.31. The highest BCUT2D eigenvalue weighted by Gasteiger charge is 2.17. The second kappa shape index (κ2) is 18.8. The van der Waals surface area contributed by atoms with Gasteiger partial charge in [0.25, 0.3) is 0 Å². The molecule has 0 bridgehead atoms. The molecule has 1 aliphatic rings. The van der Waals surface area contributed by atoms with E-state index in [1.165, 1.54) is 74.9 Å². The number of pyridine rings is 1. The van der Waals surface area contributed by atoms with Gasteiger partial charge in [0.15, 0.2) is 0 Å². The summed E-state index contributed by atoms with van der Waals surface area (Å²) < 4.78 is 0. The Morgan fingerprint density at radius 1 is 0.882 bits per heavy atom. The summed E-state index contributed by atoms with van der Waals surface area (Å²) in [6.07, 6.45) is 19.1. The van der Waals surface area contributed by atoms with Gasteiger partial charge in [-0.3, -0.25) is 14.8 Å². The molecule has 0 aliphatic carbocycles. The first kappa shape index (κ1) is 38.0. The Balaban J connectivity index is 1.35. The minimum atomic E-state index is 0.611. The van der Waals surface area contributed by atoms with Crippen molar-refractivity contribution in [2.75, 3.05) is 26.7 Å². The molecule has 1 aromatic heterocycles. The van der Waals surface area contributed by atoms with Crippen LogP contribution in [0, 0.1) is 25.2 Å². The van der Waals surface area contributed by atoms with Gasteiger partial charge >= 0.3 is 0 Å². The molecule has 0 radical (unpaired) electrons. The van der Waals surface area contributed by atoms with E-state index >= 15 is 0 Å². The minimum Gasteiger partial charge on any atom is -0.299 e. The van der Waals surface area contributed by atoms with Crippen LogP contribution in [0.1, 0.15) is 76.3 Å². The number of aryl methyl sites for hydroxylation is 4. The van der Waals surface area contributed by atoms with E-state index in [0.717, 1.165) is 69.0 Å². The van der Waals surface area contributed by atoms with Crippen LogP contribution in [0.2, 0.25) is 5.02 Å². The number of halogens is 1. The number of aromatic nitrogens is 1. The fourth-order valence-electron chi connectivity index (χ4n) is 7.33. The normalized spacial score (nSPS) is 13.9. The molecule has 4 aromatic rings. The van der Waals surface area contributed by atoms with Gasteiger partial charge in [0, 0.05) is 37.1 Å². The number of likely N-dealkylation sites (tertiary alicyclic amines) is 1. The second-order valence-corrected chi connectivity index (χ2v) is 14.5. The van der Waals surface area contributed by atoms with Gasteiger partial charge in [0.1, 0.15) is 6.07 Å². The van der Waals surface area contributed by atoms with E-state index in [1.54, 1.807) is 6.20 Å². The van der Waals surface area contributed by atoms with Crippen molar-refractivity contribution >= 4 is 11.6 Å². The summed E-state index contributed by atoms with van der Waals surface area (Å²) in [5.74, 6) is 0. The topological polar surface area (TPSA) is 43.2 Å². The van der Waals surface area contributed by atoms with Crippen LogP contribution in [0.15, 0.2) is 103 Å². The van der Waals surface area contributed by atoms with Crippen LogP contribution in [-0.2, 0) is 38.8 Å². The van der Waals surface area contributed by atoms with Crippen molar-refractivity contribution in [3.8, 4) is 17.2 Å². The Bertz CT molecular complexity index is 1910. The number of rotatable bonds is 15. The molecule has 0 atom stereocenters. The Hall–Kier alpha value is -4.27. The van der Waals surface area contributed by atoms with Crippen LogP contribution in [-0.4, -0.2) is 41.5 Å². The third-order valence-corrected chi connectivity index (χ3v) is 10.7. The first-order valence-corrected chi connectivity index (χ1v) is 18.8. The van der Waals surface area contributed by atoms with E-state index in [1.807, 2.05) is 31.3 Å². The molecular formula is C46H53ClN4. The van der Waals surface area contributed by atoms with Gasteiger partial charge in [0.05, 0.1) is 5.56 Å². The monoisotopic (exact) mass is 696 g/mol. The average molecular weight is 697 g/mol. The lowest BCUT2D eigenvalue weighted by Gasteiger charge is -2.28. The largest absolute Gasteiger partial charge is 0.299 e. The van der Waals surface area contributed by atoms with Crippen molar-refractivity contribution in [3.63, 3.8) is 0 Å². The van der Waals surface area contributed by atoms with Crippen LogP contribution in [0.5, 0.6) is 0 Å². The molecule has 5 rings (SSSR count). The van der Waals surface area contributed by atoms with Gasteiger partial charge in [-0.05, 0) is 153 Å². The fourth-order valence-corrected chi connectivity index (χ4v) is 7.61. The summed E-state index contributed by atoms with van der Waals surface area (Å²) in [4.78, 5) is 9.22. The highest BCUT2D eigenvalue weighted by Crippen LogP contribution is 2.32. The lowest BCUT2D eigenvalue weighted by molar-refractivity contribution is 0.220. The number of piperidine rings is 1. The van der Waals surface area contributed by atoms with Crippen LogP contribution < -0.4 is 0 Å². The quantitative estimate of drug-likeness (QED) is 0.116. The summed E-state index contributed by atoms with van der Waals surface area (Å²) in [5, 5.41) is 10.3. The van der Waals surface area contributed by atoms with Gasteiger partial charge < -0.3 is 0 Å². The molecule has 2 heterocycles. The molecule has 0 amide bonds. The number of nitrogens with zero attached hydrogens (tertiary/aromatic N) is 4. The van der Waals surface area contributed by atoms with Gasteiger partial charge in [-0.1, -0.05) is 91.4 Å². The number of hydrogen-bond acceptors (Lipinski definition) is 4. The van der Waals surface area contributed by atoms with Crippen LogP contribution in [0.4, 0.5) is 0 Å². The van der Waals surface area contributed by atoms with Crippen LogP contribution in [0.3, 0.4) is 0 Å². The minimum absolute atomic E-state index is 0.611. The maximum absolute atomic E-state index is 9.39. The molecule has 0 N–H and O–H groups in total. The van der Waals surface area contributed by atoms with Crippen molar-refractivity contribution in [1.82, 2.24) is 14.8 Å². The molecule has 0 unspecified atom stereocenters. The Kier molecular flexibility index (Phi) is 14.0. The summed E-state index contributed by atoms with van der Waals surface area (Å²) in [6, 6.07) is 22.2. The van der Waals surface area contributed by atoms with Crippen molar-refractivity contribution in [2.45, 2.75) is 78.8 Å². The zero-order valence-electron chi connectivity index (χ0n) is 31.0. The molecule has 1 fully saturated rings. The number of nitriles is 1. The molecule has 5 heteroatoms. The third-order valence-electron chi connectivity index (χ3n) is 10.3. The molecular weight excluding hydrogens is 644 g/mol. The molecule has 264 valence electrons. The van der Waals surface area contributed by atoms with Crippen LogP contribution >= 0.6 is 11.6 Å². The molecule has 4 nitrogen and oxygen atoms in total. The average Bonchev–Trinajstić information content (AvgIpc) is 3.14. The molecule has 1 aliphatic heterocycles. The fraction of sp³-hybridized carbons (Fsp3) is 0.348. The van der Waals surface area contributed by atoms with Crippen molar-refractivity contribution in [2.24, 2.45) is 0 Å². The summed E-state index contributed by atoms with van der Waals surface area (Å²) >= 11 is 7.07. The smallest absolute Gasteiger partial charge is 0.101 e. The zero-order chi connectivity index (χ0) is 36.2. The summed E-state index contributed by atoms with van der Waals surface area (Å²) in [6.45, 7) is 15.5. The Morgan fingerprint density at radius 2 is 1.57 bits per heavy atom. The predicted octanol–water partition coefficient (Wildman–Crippen LogP) is 10.6. The molecule has 1 saturated heterocycles. The number of allylic oxidation sites excluding steroid dienone is 3. The van der Waals surface area contributed by atoms with E-state index < -0.39 is 0 Å². The van der Waals surface area contributed by atoms with Gasteiger partial charge in [-0.15, -0.1) is 0 Å². The van der Waals surface area contributed by atoms with E-state index in [2.05, 4.69) is 109 Å². The zero-order valence-corrected chi connectivity index (χ0v) is 31.8. The summed E-state index contributed by atoms with van der Waals surface area (Å²) in [5.41, 5.74) is 14.7. The SMILES string of the molecule is C=C/C(=C\C=C/C)CN(C)Cc1cccc(-c2cccc(CCc3cc(CCc4cncc(C#N)c4)c(CN4CCCCC4)cc3Cl)c2C)c1C. The van der Waals surface area contributed by atoms with Gasteiger partial charge in [0.2, 0.25) is 0 Å². The standard InChI is InChI=1S/C46H53ClN4/c1-6-8-14-36(7-2)31-50(5)32-42-16-13-18-45(35(42)4)44-17-12-15-39(34(44)3)21-22-41-26-40(20-19-37-25-38(28-48)30-49-29-37)43(27-46(41)47)33-51-23-10-9-11-24-51/h6-8,12-18,25-27,29-30H,2,9-11,19-24,31-33H2,1,3-5H3/b8-6-,36-14+. The summed E-state index contributed by atoms with van der Waals surface area (Å²) in [7, 11) is 2.17. The number of benzene rings is 3. The first-order valence-electron chi connectivity index (χ1n) is 18.5. The Morgan fingerprint density at radius 3 is 2.27 bits per heavy atom. The lowest BCUT2D eigenvalue weighted by atomic mass is 9.89. The molecule has 0 saturated carbocycles. The van der Waals surface area contributed by atoms with E-state index in [9.17, 15) is 5.26 Å². The van der Waals surface area contributed by atoms with E-state index in [0.29, 0.717) is 5.56 Å². The lowest BCUT2D eigenvalue weighted by Crippen LogP contribution is -2.29. The number of likely N-dealkylation sites (N-methyl/N-ethyl adjacent to an activating group) is 1.